The third kappa shape index (κ3) is 11.2. The van der Waals surface area contributed by atoms with E-state index < -0.39 is 192 Å². The molecule has 0 aliphatic rings. The number of ether oxygens (including phenoxy) is 1. The second kappa shape index (κ2) is 25.0. The minimum Gasteiger partial charge on any atom is -0.510 e. The molecule has 94 heavy (non-hydrogen) atoms. The Bertz CT molecular complexity index is 6630. The summed E-state index contributed by atoms with van der Waals surface area (Å²) >= 11 is 0. The van der Waals surface area contributed by atoms with Crippen molar-refractivity contribution < 1.29 is 67.4 Å². The Kier molecular flexibility index (Phi) is 9.96. The van der Waals surface area contributed by atoms with Gasteiger partial charge in [0.15, 0.2) is 8.07 Å². The number of fused-ring (bicyclic) bond motifs is 4. The van der Waals surface area contributed by atoms with Crippen LogP contribution in [0.4, 0.5) is 0 Å². The van der Waals surface area contributed by atoms with Gasteiger partial charge in [-0.1, -0.05) is 289 Å². The maximum absolute atomic E-state index is 11.1. The van der Waals surface area contributed by atoms with Gasteiger partial charge in [0.25, 0.3) is 6.33 Å². The van der Waals surface area contributed by atoms with Gasteiger partial charge in [-0.25, -0.2) is 4.98 Å². The van der Waals surface area contributed by atoms with E-state index >= 15 is 0 Å². The van der Waals surface area contributed by atoms with Gasteiger partial charge in [-0.15, -0.1) is 29.7 Å². The van der Waals surface area contributed by atoms with Crippen molar-refractivity contribution in [3.05, 3.63) is 332 Å². The van der Waals surface area contributed by atoms with Gasteiger partial charge in [0.2, 0.25) is 0 Å². The van der Waals surface area contributed by atoms with Gasteiger partial charge in [-0.2, -0.15) is 18.2 Å². The molecule has 3 heterocycles. The number of nitrogens with zero attached hydrogens (tertiary/aromatic N) is 4. The van der Waals surface area contributed by atoms with Crippen LogP contribution in [0.1, 0.15) is 95.2 Å². The van der Waals surface area contributed by atoms with Crippen LogP contribution < -0.4 is 30.1 Å². The normalized spacial score (nSPS) is 16.1. The van der Waals surface area contributed by atoms with Crippen molar-refractivity contribution in [3.63, 3.8) is 0 Å². The van der Waals surface area contributed by atoms with E-state index in [1.165, 1.54) is 18.3 Å². The van der Waals surface area contributed by atoms with Crippen LogP contribution in [0.15, 0.2) is 297 Å². The first-order valence-corrected chi connectivity index (χ1v) is 31.9. The largest absolute Gasteiger partial charge is 0.510 e. The summed E-state index contributed by atoms with van der Waals surface area (Å²) in [6.45, 7) is 9.45. The van der Waals surface area contributed by atoms with Crippen LogP contribution >= 0.6 is 0 Å². The summed E-state index contributed by atoms with van der Waals surface area (Å²) in [7, 11) is -6.33. The molecule has 5 nitrogen and oxygen atoms in total. The zero-order chi connectivity index (χ0) is 86.8. The molecule has 0 aliphatic carbocycles. The third-order valence-electron chi connectivity index (χ3n) is 16.6. The summed E-state index contributed by atoms with van der Waals surface area (Å²) < 4.78 is 264. The third-order valence-corrected chi connectivity index (χ3v) is 20.6. The van der Waals surface area contributed by atoms with Crippen LogP contribution in [0.5, 0.6) is 11.5 Å². The molecule has 15 rings (SSSR count). The Morgan fingerprint density at radius 1 is 0.479 bits per heavy atom. The fraction of sp³-hybridized carbons (Fsp3) is 0.103. The zero-order valence-corrected chi connectivity index (χ0v) is 54.7. The molecule has 460 valence electrons. The van der Waals surface area contributed by atoms with Gasteiger partial charge in [-0.3, -0.25) is 4.57 Å². The summed E-state index contributed by atoms with van der Waals surface area (Å²) in [6, 6.07) is 26.5. The van der Waals surface area contributed by atoms with Crippen molar-refractivity contribution in [2.45, 2.75) is 59.2 Å². The molecular formula is C87H70N4OPtSi-2. The second-order valence-corrected chi connectivity index (χ2v) is 27.9. The van der Waals surface area contributed by atoms with Crippen LogP contribution in [-0.2, 0) is 31.9 Å². The van der Waals surface area contributed by atoms with Crippen molar-refractivity contribution in [1.29, 1.82) is 0 Å². The number of para-hydroxylation sites is 2. The maximum atomic E-state index is 11.1. The zero-order valence-electron chi connectivity index (χ0n) is 78.4. The van der Waals surface area contributed by atoms with E-state index in [-0.39, 0.29) is 71.7 Å². The quantitative estimate of drug-likeness (QED) is 0.0499. The van der Waals surface area contributed by atoms with Crippen molar-refractivity contribution >= 4 is 61.7 Å². The summed E-state index contributed by atoms with van der Waals surface area (Å²) in [5, 5.41) is -2.56. The summed E-state index contributed by atoms with van der Waals surface area (Å²) in [5.74, 6) is 0.351. The molecule has 0 saturated carbocycles. The molecule has 0 fully saturated rings. The second-order valence-electron chi connectivity index (χ2n) is 24.4. The van der Waals surface area contributed by atoms with E-state index in [9.17, 15) is 21.9 Å². The predicted molar refractivity (Wildman–Crippen MR) is 387 cm³/mol. The Hall–Kier alpha value is -10.2. The summed E-state index contributed by atoms with van der Waals surface area (Å²) in [5.41, 5.74) is 4.35. The van der Waals surface area contributed by atoms with Crippen molar-refractivity contribution in [2.24, 2.45) is 0 Å². The van der Waals surface area contributed by atoms with E-state index in [4.69, 9.17) is 24.8 Å². The minimum absolute atomic E-state index is 0. The van der Waals surface area contributed by atoms with Gasteiger partial charge in [0.1, 0.15) is 5.82 Å². The molecule has 3 aromatic heterocycles. The predicted octanol–water partition coefficient (Wildman–Crippen LogP) is 18.5. The molecule has 15 aromatic rings. The van der Waals surface area contributed by atoms with E-state index in [1.807, 2.05) is 99.6 Å². The molecule has 0 radical (unpaired) electrons. The Labute approximate surface area is 605 Å². The van der Waals surface area contributed by atoms with E-state index in [0.29, 0.717) is 49.7 Å². The topological polar surface area (TPSA) is 35.9 Å². The molecule has 0 N–H and O–H groups in total. The van der Waals surface area contributed by atoms with Crippen molar-refractivity contribution in [1.82, 2.24) is 14.1 Å². The standard InChI is InChI=1S/C87H70N4OSi.Pt/c1-60-52-84(88-58-79(60)62-26-12-8-13-27-62)91-80-43-21-20-40-77(80)78-50-49-70(57-82(78)91)92-69-32-24-31-68(56-69)89-59-90(81-51-46-63(55-83(81)89)61-44-47-66(48-45-61)86(2,3)4)85-75(64-28-22-30-67(53-64)87(5,6)7)41-25-42-76(85)65-29-23-39-74(54-65)93(71-33-14-9-15-34-71,72-35-16-10-17-36-72)73-37-18-11-19-38-73;/h8-55,58H,1-7H3;/q-2;/i1D3,8D,9D,10D,11D,12D,13D,14D,15D,16D,17D,18D,19D,23D,26D,27D,29D,33D,34D,35D,36D,37D,38D,39D,54D;. The number of benzene rings is 12. The fourth-order valence-corrected chi connectivity index (χ4v) is 15.5. The number of imidazole rings is 1. The Morgan fingerprint density at radius 3 is 1.77 bits per heavy atom. The first kappa shape index (κ1) is 37.5. The van der Waals surface area contributed by atoms with Crippen LogP contribution in [0, 0.1) is 25.3 Å². The van der Waals surface area contributed by atoms with Crippen LogP contribution in [0.3, 0.4) is 0 Å². The van der Waals surface area contributed by atoms with E-state index in [1.54, 1.807) is 68.3 Å². The van der Waals surface area contributed by atoms with Crippen LogP contribution in [-0.4, -0.2) is 22.2 Å². The molecule has 0 amide bonds. The molecule has 0 saturated heterocycles. The van der Waals surface area contributed by atoms with Crippen LogP contribution in [0.25, 0.3) is 94.5 Å². The van der Waals surface area contributed by atoms with Gasteiger partial charge < -0.3 is 13.9 Å². The minimum atomic E-state index is -6.33. The number of pyridine rings is 1. The average molecular weight is 1440 g/mol. The van der Waals surface area contributed by atoms with Gasteiger partial charge in [0.05, 0.1) is 49.6 Å². The van der Waals surface area contributed by atoms with Gasteiger partial charge in [-0.05, 0) is 123 Å². The number of hydrogen-bond acceptors (Lipinski definition) is 2. The Morgan fingerprint density at radius 2 is 1.09 bits per heavy atom. The molecule has 7 heteroatoms. The van der Waals surface area contributed by atoms with Crippen LogP contribution in [0.2, 0.25) is 0 Å². The number of aryl methyl sites for hydroxylation is 1. The molecule has 0 spiro atoms. The molecule has 0 atom stereocenters. The number of aromatic nitrogens is 4. The Balaban J connectivity index is 0.0000120. The van der Waals surface area contributed by atoms with E-state index in [0.717, 1.165) is 22.3 Å². The maximum Gasteiger partial charge on any atom is 0.268 e. The fourth-order valence-electron chi connectivity index (χ4n) is 12.0. The summed E-state index contributed by atoms with van der Waals surface area (Å²) in [6.07, 6.45) is 4.78. The monoisotopic (exact) mass is 1440 g/mol. The molecule has 0 bridgehead atoms. The number of hydrogen-bond donors (Lipinski definition) is 0. The number of rotatable bonds is 13. The molecular weight excluding hydrogens is 1340 g/mol. The van der Waals surface area contributed by atoms with Gasteiger partial charge >= 0.3 is 0 Å². The summed E-state index contributed by atoms with van der Waals surface area (Å²) in [4.78, 5) is 4.73. The first-order valence-electron chi connectivity index (χ1n) is 43.4. The average Bonchev–Trinajstić information content (AvgIpc) is 1.54. The molecule has 0 aliphatic heterocycles. The SMILES string of the molecule is [2H]c1c([2H])c([2H])c(-c2cnc(-n3c4[c-]c(Oc5[c-]c(-n6[c-][n+](-c7c(-c8cccc(C(C)(C)C)c8)cccc7-c7c([2H])c([2H])c([2H])c([Si](c8c([2H])c([2H])c([2H])c([2H])c8[2H])(c8c([2H])c([2H])c([2H])c([2H])c8[2H])c8c([2H])c([2H])c([2H])c([2H])c8[2H])c7[2H])c7ccc(-c8ccc(C(C)(C)C)cc8)cc76)ccc5)ccc4c4ccccc43)cc2C([2H])([2H])[2H])c([2H])c1[2H].[Pt]. The first-order chi connectivity index (χ1) is 56.4. The smallest absolute Gasteiger partial charge is 0.268 e. The molecule has 0 unspecified atom stereocenters. The van der Waals surface area contributed by atoms with Gasteiger partial charge in [0, 0.05) is 54.0 Å². The van der Waals surface area contributed by atoms with E-state index in [2.05, 4.69) is 39.2 Å². The van der Waals surface area contributed by atoms with Crippen molar-refractivity contribution in [2.75, 3.05) is 0 Å². The molecule has 12 aromatic carbocycles. The van der Waals surface area contributed by atoms with Crippen molar-refractivity contribution in [3.8, 4) is 73.2 Å².